The number of rotatable bonds is 6. The van der Waals surface area contributed by atoms with E-state index in [0.29, 0.717) is 5.69 Å². The Morgan fingerprint density at radius 2 is 2.33 bits per heavy atom. The van der Waals surface area contributed by atoms with E-state index in [1.165, 1.54) is 0 Å². The molecule has 1 rings (SSSR count). The van der Waals surface area contributed by atoms with Crippen molar-refractivity contribution in [3.8, 4) is 6.07 Å². The zero-order chi connectivity index (χ0) is 11.1. The maximum atomic E-state index is 8.75. The van der Waals surface area contributed by atoms with Gasteiger partial charge in [-0.3, -0.25) is 0 Å². The molecule has 0 radical (unpaired) electrons. The fraction of sp³-hybridized carbons (Fsp3) is 0.545. The summed E-state index contributed by atoms with van der Waals surface area (Å²) in [7, 11) is 1.87. The number of unbranched alkanes of at least 4 members (excludes halogenated alkanes) is 1. The van der Waals surface area contributed by atoms with E-state index in [9.17, 15) is 0 Å². The molecule has 0 aliphatic rings. The molecule has 15 heavy (non-hydrogen) atoms. The van der Waals surface area contributed by atoms with E-state index < -0.39 is 0 Å². The number of nitrogens with one attached hydrogen (secondary N) is 1. The van der Waals surface area contributed by atoms with Crippen molar-refractivity contribution < 1.29 is 5.11 Å². The third-order valence-corrected chi connectivity index (χ3v) is 2.27. The van der Waals surface area contributed by atoms with Crippen LogP contribution in [0.5, 0.6) is 0 Å². The van der Waals surface area contributed by atoms with Crippen molar-refractivity contribution in [1.29, 1.82) is 5.26 Å². The summed E-state index contributed by atoms with van der Waals surface area (Å²) in [4.78, 5) is 0. The second-order valence-electron chi connectivity index (χ2n) is 3.56. The normalized spacial score (nSPS) is 10.2. The Labute approximate surface area is 90.1 Å². The lowest BCUT2D eigenvalue weighted by atomic mass is 10.3. The zero-order valence-corrected chi connectivity index (χ0v) is 9.03. The van der Waals surface area contributed by atoms with Crippen LogP contribution >= 0.6 is 0 Å². The van der Waals surface area contributed by atoms with Gasteiger partial charge < -0.3 is 15.0 Å². The first kappa shape index (κ1) is 11.8. The molecular formula is C11H17N3O. The maximum absolute atomic E-state index is 8.75. The van der Waals surface area contributed by atoms with E-state index in [1.807, 2.05) is 23.9 Å². The zero-order valence-electron chi connectivity index (χ0n) is 9.03. The second kappa shape index (κ2) is 6.23. The van der Waals surface area contributed by atoms with Crippen molar-refractivity contribution in [1.82, 2.24) is 9.88 Å². The Kier molecular flexibility index (Phi) is 4.88. The molecule has 0 unspecified atom stereocenters. The van der Waals surface area contributed by atoms with Crippen molar-refractivity contribution >= 4 is 0 Å². The van der Waals surface area contributed by atoms with Gasteiger partial charge in [-0.05, 0) is 31.0 Å². The number of aliphatic hydroxyl groups excluding tert-OH is 1. The summed E-state index contributed by atoms with van der Waals surface area (Å²) in [5.41, 5.74) is 1.81. The van der Waals surface area contributed by atoms with Crippen LogP contribution in [0, 0.1) is 11.3 Å². The van der Waals surface area contributed by atoms with E-state index >= 15 is 0 Å². The van der Waals surface area contributed by atoms with E-state index in [0.717, 1.165) is 31.5 Å². The summed E-state index contributed by atoms with van der Waals surface area (Å²) in [5, 5.41) is 20.6. The lowest BCUT2D eigenvalue weighted by molar-refractivity contribution is 0.283. The number of hydrogen-bond donors (Lipinski definition) is 2. The molecule has 0 spiro atoms. The minimum atomic E-state index is 0.256. The molecule has 4 nitrogen and oxygen atoms in total. The third kappa shape index (κ3) is 3.74. The predicted molar refractivity (Wildman–Crippen MR) is 58.2 cm³/mol. The Hall–Kier alpha value is -1.31. The highest BCUT2D eigenvalue weighted by atomic mass is 16.2. The van der Waals surface area contributed by atoms with Gasteiger partial charge in [-0.2, -0.15) is 5.26 Å². The summed E-state index contributed by atoms with van der Waals surface area (Å²) >= 11 is 0. The van der Waals surface area contributed by atoms with Crippen molar-refractivity contribution in [2.75, 3.05) is 13.2 Å². The van der Waals surface area contributed by atoms with Crippen LogP contribution in [0.2, 0.25) is 0 Å². The van der Waals surface area contributed by atoms with Gasteiger partial charge >= 0.3 is 0 Å². The smallest absolute Gasteiger partial charge is 0.120 e. The lowest BCUT2D eigenvalue weighted by Crippen LogP contribution is -2.14. The molecular weight excluding hydrogens is 190 g/mol. The van der Waals surface area contributed by atoms with Gasteiger partial charge in [-0.15, -0.1) is 0 Å². The minimum Gasteiger partial charge on any atom is -0.396 e. The van der Waals surface area contributed by atoms with E-state index in [-0.39, 0.29) is 6.61 Å². The quantitative estimate of drug-likeness (QED) is 0.677. The molecule has 0 bridgehead atoms. The summed E-state index contributed by atoms with van der Waals surface area (Å²) in [6.07, 6.45) is 3.78. The summed E-state index contributed by atoms with van der Waals surface area (Å²) in [6, 6.07) is 4.02. The van der Waals surface area contributed by atoms with Crippen LogP contribution in [0.15, 0.2) is 12.3 Å². The molecule has 0 saturated heterocycles. The molecule has 0 aliphatic heterocycles. The van der Waals surface area contributed by atoms with Gasteiger partial charge in [-0.25, -0.2) is 0 Å². The van der Waals surface area contributed by atoms with Crippen molar-refractivity contribution in [3.05, 3.63) is 23.5 Å². The fourth-order valence-corrected chi connectivity index (χ4v) is 1.44. The molecule has 2 N–H and O–H groups in total. The largest absolute Gasteiger partial charge is 0.396 e. The van der Waals surface area contributed by atoms with E-state index in [2.05, 4.69) is 11.4 Å². The Morgan fingerprint density at radius 3 is 2.93 bits per heavy atom. The van der Waals surface area contributed by atoms with E-state index in [1.54, 1.807) is 0 Å². The van der Waals surface area contributed by atoms with Crippen LogP contribution in [0.1, 0.15) is 24.1 Å². The molecule has 0 aliphatic carbocycles. The SMILES string of the molecule is Cn1cc(CNCCCCO)cc1C#N. The molecule has 4 heteroatoms. The molecule has 0 atom stereocenters. The van der Waals surface area contributed by atoms with Crippen LogP contribution < -0.4 is 5.32 Å². The Bertz CT molecular complexity index is 338. The average Bonchev–Trinajstić information content (AvgIpc) is 2.59. The Morgan fingerprint density at radius 1 is 1.53 bits per heavy atom. The topological polar surface area (TPSA) is 61.0 Å². The Balaban J connectivity index is 2.29. The van der Waals surface area contributed by atoms with Crippen LogP contribution in [0.25, 0.3) is 0 Å². The highest BCUT2D eigenvalue weighted by Crippen LogP contribution is 2.05. The van der Waals surface area contributed by atoms with Gasteiger partial charge in [0.05, 0.1) is 0 Å². The van der Waals surface area contributed by atoms with Crippen LogP contribution in [0.4, 0.5) is 0 Å². The number of aromatic nitrogens is 1. The average molecular weight is 207 g/mol. The molecule has 82 valence electrons. The van der Waals surface area contributed by atoms with Gasteiger partial charge in [0, 0.05) is 26.4 Å². The third-order valence-electron chi connectivity index (χ3n) is 2.27. The number of nitriles is 1. The minimum absolute atomic E-state index is 0.256. The fourth-order valence-electron chi connectivity index (χ4n) is 1.44. The van der Waals surface area contributed by atoms with Gasteiger partial charge in [0.15, 0.2) is 0 Å². The predicted octanol–water partition coefficient (Wildman–Crippen LogP) is 0.759. The summed E-state index contributed by atoms with van der Waals surface area (Å²) in [5.74, 6) is 0. The van der Waals surface area contributed by atoms with Crippen molar-refractivity contribution in [2.24, 2.45) is 7.05 Å². The summed E-state index contributed by atoms with van der Waals surface area (Å²) in [6.45, 7) is 1.93. The molecule has 0 amide bonds. The van der Waals surface area contributed by atoms with Gasteiger partial charge in [-0.1, -0.05) is 0 Å². The lowest BCUT2D eigenvalue weighted by Gasteiger charge is -2.01. The van der Waals surface area contributed by atoms with Crippen molar-refractivity contribution in [3.63, 3.8) is 0 Å². The highest BCUT2D eigenvalue weighted by Gasteiger charge is 2.00. The van der Waals surface area contributed by atoms with Gasteiger partial charge in [0.2, 0.25) is 0 Å². The first-order valence-corrected chi connectivity index (χ1v) is 5.15. The monoisotopic (exact) mass is 207 g/mol. The number of aliphatic hydroxyl groups is 1. The molecule has 0 aromatic carbocycles. The molecule has 1 aromatic rings. The number of aryl methyl sites for hydroxylation is 1. The standard InChI is InChI=1S/C11H17N3O/c1-14-9-10(6-11(14)7-12)8-13-4-2-3-5-15/h6,9,13,15H,2-5,8H2,1H3. The molecule has 1 aromatic heterocycles. The highest BCUT2D eigenvalue weighted by molar-refractivity contribution is 5.28. The first-order valence-electron chi connectivity index (χ1n) is 5.15. The maximum Gasteiger partial charge on any atom is 0.120 e. The van der Waals surface area contributed by atoms with Crippen LogP contribution in [-0.2, 0) is 13.6 Å². The second-order valence-corrected chi connectivity index (χ2v) is 3.56. The molecule has 0 saturated carbocycles. The molecule has 0 fully saturated rings. The van der Waals surface area contributed by atoms with Crippen LogP contribution in [0.3, 0.4) is 0 Å². The van der Waals surface area contributed by atoms with Gasteiger partial charge in [0.25, 0.3) is 0 Å². The number of nitrogens with zero attached hydrogens (tertiary/aromatic N) is 2. The first-order chi connectivity index (χ1) is 7.27. The van der Waals surface area contributed by atoms with E-state index in [4.69, 9.17) is 10.4 Å². The van der Waals surface area contributed by atoms with Crippen molar-refractivity contribution in [2.45, 2.75) is 19.4 Å². The van der Waals surface area contributed by atoms with Gasteiger partial charge in [0.1, 0.15) is 11.8 Å². The molecule has 1 heterocycles. The number of hydrogen-bond acceptors (Lipinski definition) is 3. The van der Waals surface area contributed by atoms with Crippen LogP contribution in [-0.4, -0.2) is 22.8 Å². The summed E-state index contributed by atoms with van der Waals surface area (Å²) < 4.78 is 1.82.